The SMILES string of the molecule is O=C(O)c1ccc2c(Cl)cnc(-c3ccc(F)cc3F)c2c1. The number of benzene rings is 2. The maximum atomic E-state index is 14.0. The second-order valence-corrected chi connectivity index (χ2v) is 5.05. The Morgan fingerprint density at radius 2 is 1.86 bits per heavy atom. The molecule has 0 unspecified atom stereocenters. The summed E-state index contributed by atoms with van der Waals surface area (Å²) in [6.07, 6.45) is 1.35. The van der Waals surface area contributed by atoms with Crippen molar-refractivity contribution in [1.29, 1.82) is 0 Å². The Labute approximate surface area is 128 Å². The van der Waals surface area contributed by atoms with Crippen LogP contribution in [0.3, 0.4) is 0 Å². The van der Waals surface area contributed by atoms with E-state index in [-0.39, 0.29) is 16.8 Å². The fraction of sp³-hybridized carbons (Fsp3) is 0. The Morgan fingerprint density at radius 1 is 1.09 bits per heavy atom. The lowest BCUT2D eigenvalue weighted by molar-refractivity contribution is 0.0697. The molecule has 1 aromatic heterocycles. The molecule has 0 atom stereocenters. The molecule has 3 nitrogen and oxygen atoms in total. The Balaban J connectivity index is 2.35. The largest absolute Gasteiger partial charge is 0.478 e. The smallest absolute Gasteiger partial charge is 0.335 e. The molecule has 3 aromatic rings. The van der Waals surface area contributed by atoms with Crippen LogP contribution in [-0.4, -0.2) is 16.1 Å². The van der Waals surface area contributed by atoms with Crippen LogP contribution in [0.2, 0.25) is 5.02 Å². The van der Waals surface area contributed by atoms with Crippen molar-refractivity contribution < 1.29 is 18.7 Å². The van der Waals surface area contributed by atoms with E-state index in [1.807, 2.05) is 0 Å². The predicted molar refractivity (Wildman–Crippen MR) is 79.1 cm³/mol. The van der Waals surface area contributed by atoms with Crippen molar-refractivity contribution in [3.63, 3.8) is 0 Å². The zero-order valence-corrected chi connectivity index (χ0v) is 11.7. The molecule has 0 aliphatic heterocycles. The van der Waals surface area contributed by atoms with Gasteiger partial charge in [0.1, 0.15) is 11.6 Å². The highest BCUT2D eigenvalue weighted by molar-refractivity contribution is 6.35. The van der Waals surface area contributed by atoms with Crippen LogP contribution in [-0.2, 0) is 0 Å². The third-order valence-electron chi connectivity index (χ3n) is 3.27. The number of aromatic carboxylic acids is 1. The topological polar surface area (TPSA) is 50.2 Å². The van der Waals surface area contributed by atoms with Gasteiger partial charge in [-0.1, -0.05) is 17.7 Å². The molecule has 0 saturated heterocycles. The second kappa shape index (κ2) is 5.35. The van der Waals surface area contributed by atoms with Gasteiger partial charge in [0, 0.05) is 28.6 Å². The van der Waals surface area contributed by atoms with Crippen molar-refractivity contribution in [2.75, 3.05) is 0 Å². The number of pyridine rings is 1. The van der Waals surface area contributed by atoms with E-state index in [0.717, 1.165) is 12.1 Å². The number of halogens is 3. The minimum atomic E-state index is -1.12. The summed E-state index contributed by atoms with van der Waals surface area (Å²) in [5, 5.41) is 10.3. The molecule has 0 aliphatic rings. The summed E-state index contributed by atoms with van der Waals surface area (Å²) in [7, 11) is 0. The van der Waals surface area contributed by atoms with Gasteiger partial charge in [0.15, 0.2) is 0 Å². The summed E-state index contributed by atoms with van der Waals surface area (Å²) < 4.78 is 27.0. The van der Waals surface area contributed by atoms with Crippen molar-refractivity contribution in [3.05, 3.63) is 64.8 Å². The van der Waals surface area contributed by atoms with Gasteiger partial charge in [0.25, 0.3) is 0 Å². The average molecular weight is 320 g/mol. The summed E-state index contributed by atoms with van der Waals surface area (Å²) in [6, 6.07) is 7.43. The molecule has 1 heterocycles. The fourth-order valence-electron chi connectivity index (χ4n) is 2.24. The number of carboxylic acid groups (broad SMARTS) is 1. The van der Waals surface area contributed by atoms with E-state index in [1.165, 1.54) is 30.5 Å². The lowest BCUT2D eigenvalue weighted by Crippen LogP contribution is -1.97. The molecular weight excluding hydrogens is 312 g/mol. The number of aromatic nitrogens is 1. The van der Waals surface area contributed by atoms with Crippen LogP contribution < -0.4 is 0 Å². The Bertz CT molecular complexity index is 912. The van der Waals surface area contributed by atoms with Gasteiger partial charge < -0.3 is 5.11 Å². The molecule has 0 bridgehead atoms. The van der Waals surface area contributed by atoms with E-state index in [0.29, 0.717) is 15.8 Å². The molecule has 3 rings (SSSR count). The summed E-state index contributed by atoms with van der Waals surface area (Å²) in [5.41, 5.74) is 0.311. The van der Waals surface area contributed by atoms with Gasteiger partial charge in [-0.2, -0.15) is 0 Å². The zero-order valence-electron chi connectivity index (χ0n) is 11.0. The van der Waals surface area contributed by atoms with Crippen LogP contribution in [0.1, 0.15) is 10.4 Å². The Hall–Kier alpha value is -2.53. The summed E-state index contributed by atoms with van der Waals surface area (Å²) in [4.78, 5) is 15.2. The summed E-state index contributed by atoms with van der Waals surface area (Å²) >= 11 is 6.05. The standard InChI is InChI=1S/C16H8ClF2NO2/c17-13-7-20-15(11-4-2-9(18)6-14(11)19)12-5-8(16(21)22)1-3-10(12)13/h1-7H,(H,21,22). The molecule has 110 valence electrons. The molecule has 0 amide bonds. The number of carbonyl (C=O) groups is 1. The van der Waals surface area contributed by atoms with Crippen molar-refractivity contribution in [1.82, 2.24) is 4.98 Å². The molecule has 1 N–H and O–H groups in total. The molecule has 2 aromatic carbocycles. The van der Waals surface area contributed by atoms with E-state index in [2.05, 4.69) is 4.98 Å². The minimum absolute atomic E-state index is 0.0281. The van der Waals surface area contributed by atoms with Gasteiger partial charge in [-0.15, -0.1) is 0 Å². The van der Waals surface area contributed by atoms with Crippen LogP contribution in [0.5, 0.6) is 0 Å². The maximum Gasteiger partial charge on any atom is 0.335 e. The number of fused-ring (bicyclic) bond motifs is 1. The van der Waals surface area contributed by atoms with Crippen LogP contribution in [0.25, 0.3) is 22.0 Å². The highest BCUT2D eigenvalue weighted by Gasteiger charge is 2.15. The molecule has 0 radical (unpaired) electrons. The number of carboxylic acids is 1. The lowest BCUT2D eigenvalue weighted by atomic mass is 10.0. The number of hydrogen-bond acceptors (Lipinski definition) is 2. The van der Waals surface area contributed by atoms with Crippen molar-refractivity contribution in [2.24, 2.45) is 0 Å². The molecule has 0 aliphatic carbocycles. The Kier molecular flexibility index (Phi) is 3.50. The first-order valence-electron chi connectivity index (χ1n) is 6.24. The quantitative estimate of drug-likeness (QED) is 0.755. The highest BCUT2D eigenvalue weighted by Crippen LogP contribution is 2.33. The van der Waals surface area contributed by atoms with E-state index >= 15 is 0 Å². The fourth-order valence-corrected chi connectivity index (χ4v) is 2.45. The van der Waals surface area contributed by atoms with Gasteiger partial charge in [0.2, 0.25) is 0 Å². The molecule has 0 fully saturated rings. The van der Waals surface area contributed by atoms with Crippen LogP contribution in [0.4, 0.5) is 8.78 Å². The zero-order chi connectivity index (χ0) is 15.9. The van der Waals surface area contributed by atoms with E-state index in [9.17, 15) is 13.6 Å². The van der Waals surface area contributed by atoms with Gasteiger partial charge in [-0.05, 0) is 24.3 Å². The van der Waals surface area contributed by atoms with Gasteiger partial charge >= 0.3 is 5.97 Å². The van der Waals surface area contributed by atoms with Crippen molar-refractivity contribution in [2.45, 2.75) is 0 Å². The first-order chi connectivity index (χ1) is 10.5. The van der Waals surface area contributed by atoms with Crippen LogP contribution in [0.15, 0.2) is 42.6 Å². The van der Waals surface area contributed by atoms with E-state index in [1.54, 1.807) is 0 Å². The van der Waals surface area contributed by atoms with E-state index < -0.39 is 17.6 Å². The van der Waals surface area contributed by atoms with Gasteiger partial charge in [0.05, 0.1) is 16.3 Å². The number of hydrogen-bond donors (Lipinski definition) is 1. The lowest BCUT2D eigenvalue weighted by Gasteiger charge is -2.09. The third-order valence-corrected chi connectivity index (χ3v) is 3.57. The Morgan fingerprint density at radius 3 is 2.55 bits per heavy atom. The first kappa shape index (κ1) is 14.4. The molecule has 22 heavy (non-hydrogen) atoms. The first-order valence-corrected chi connectivity index (χ1v) is 6.62. The van der Waals surface area contributed by atoms with Crippen LogP contribution in [0, 0.1) is 11.6 Å². The molecule has 0 saturated carbocycles. The third kappa shape index (κ3) is 2.40. The monoisotopic (exact) mass is 319 g/mol. The average Bonchev–Trinajstić information content (AvgIpc) is 2.48. The normalized spacial score (nSPS) is 10.9. The number of rotatable bonds is 2. The van der Waals surface area contributed by atoms with Gasteiger partial charge in [-0.25, -0.2) is 13.6 Å². The molecular formula is C16H8ClF2NO2. The van der Waals surface area contributed by atoms with Gasteiger partial charge in [-0.3, -0.25) is 4.98 Å². The van der Waals surface area contributed by atoms with Crippen LogP contribution >= 0.6 is 11.6 Å². The maximum absolute atomic E-state index is 14.0. The van der Waals surface area contributed by atoms with Crippen molar-refractivity contribution >= 4 is 28.3 Å². The van der Waals surface area contributed by atoms with E-state index in [4.69, 9.17) is 16.7 Å². The highest BCUT2D eigenvalue weighted by atomic mass is 35.5. The second-order valence-electron chi connectivity index (χ2n) is 4.64. The summed E-state index contributed by atoms with van der Waals surface area (Å²) in [6.45, 7) is 0. The summed E-state index contributed by atoms with van der Waals surface area (Å²) in [5.74, 6) is -2.60. The minimum Gasteiger partial charge on any atom is -0.478 e. The van der Waals surface area contributed by atoms with Crippen molar-refractivity contribution in [3.8, 4) is 11.3 Å². The molecule has 6 heteroatoms. The molecule has 0 spiro atoms. The number of nitrogens with zero attached hydrogens (tertiary/aromatic N) is 1. The predicted octanol–water partition coefficient (Wildman–Crippen LogP) is 4.53.